The summed E-state index contributed by atoms with van der Waals surface area (Å²) in [6, 6.07) is 7.72. The van der Waals surface area contributed by atoms with Crippen LogP contribution in [-0.2, 0) is 14.8 Å². The van der Waals surface area contributed by atoms with Crippen LogP contribution in [0.2, 0.25) is 0 Å². The topological polar surface area (TPSA) is 101 Å². The van der Waals surface area contributed by atoms with Gasteiger partial charge in [0, 0.05) is 19.1 Å². The summed E-state index contributed by atoms with van der Waals surface area (Å²) in [5.74, 6) is -0.424. The van der Waals surface area contributed by atoms with E-state index in [-0.39, 0.29) is 16.6 Å². The first kappa shape index (κ1) is 19.2. The van der Waals surface area contributed by atoms with Crippen LogP contribution in [0, 0.1) is 5.82 Å². The Bertz CT molecular complexity index is 896. The molecule has 0 amide bonds. The summed E-state index contributed by atoms with van der Waals surface area (Å²) in [5.41, 5.74) is 0.128. The molecule has 0 unspecified atom stereocenters. The predicted molar refractivity (Wildman–Crippen MR) is 95.3 cm³/mol. The van der Waals surface area contributed by atoms with Gasteiger partial charge in [-0.3, -0.25) is 0 Å². The largest absolute Gasteiger partial charge is 0.464 e. The molecule has 0 radical (unpaired) electrons. The van der Waals surface area contributed by atoms with Gasteiger partial charge < -0.3 is 9.64 Å². The molecular formula is C17H19FN4O4S. The summed E-state index contributed by atoms with van der Waals surface area (Å²) in [6.45, 7) is 1.17. The van der Waals surface area contributed by atoms with Gasteiger partial charge in [-0.1, -0.05) is 0 Å². The van der Waals surface area contributed by atoms with Gasteiger partial charge in [-0.2, -0.15) is 0 Å². The zero-order valence-electron chi connectivity index (χ0n) is 14.6. The number of sulfonamides is 1. The van der Waals surface area contributed by atoms with Crippen molar-refractivity contribution < 1.29 is 22.3 Å². The average molecular weight is 394 g/mol. The first-order valence-corrected chi connectivity index (χ1v) is 9.82. The molecule has 1 aliphatic rings. The molecule has 144 valence electrons. The second-order valence-corrected chi connectivity index (χ2v) is 7.82. The lowest BCUT2D eigenvalue weighted by Gasteiger charge is -2.32. The number of anilines is 1. The number of halogens is 1. The van der Waals surface area contributed by atoms with Gasteiger partial charge in [0.1, 0.15) is 5.82 Å². The summed E-state index contributed by atoms with van der Waals surface area (Å²) in [6.07, 6.45) is 1.17. The maximum Gasteiger partial charge on any atom is 0.358 e. The lowest BCUT2D eigenvalue weighted by molar-refractivity contribution is 0.0592. The van der Waals surface area contributed by atoms with Crippen LogP contribution in [0.3, 0.4) is 0 Å². The molecular weight excluding hydrogens is 375 g/mol. The Balaban J connectivity index is 1.58. The van der Waals surface area contributed by atoms with Crippen LogP contribution in [-0.4, -0.2) is 50.8 Å². The molecule has 1 saturated heterocycles. The molecule has 1 aliphatic heterocycles. The number of aromatic nitrogens is 2. The van der Waals surface area contributed by atoms with E-state index >= 15 is 0 Å². The zero-order valence-corrected chi connectivity index (χ0v) is 15.4. The van der Waals surface area contributed by atoms with E-state index in [1.54, 1.807) is 6.07 Å². The third kappa shape index (κ3) is 4.58. The van der Waals surface area contributed by atoms with E-state index < -0.39 is 21.8 Å². The maximum absolute atomic E-state index is 13.0. The van der Waals surface area contributed by atoms with Crippen LogP contribution in [0.15, 0.2) is 41.3 Å². The second kappa shape index (κ2) is 7.97. The summed E-state index contributed by atoms with van der Waals surface area (Å²) in [5, 5.41) is 7.87. The van der Waals surface area contributed by atoms with Crippen molar-refractivity contribution in [3.8, 4) is 0 Å². The molecule has 1 N–H and O–H groups in total. The monoisotopic (exact) mass is 394 g/mol. The normalized spacial score (nSPS) is 15.6. The molecule has 0 bridgehead atoms. The fourth-order valence-corrected chi connectivity index (χ4v) is 4.14. The number of nitrogens with zero attached hydrogens (tertiary/aromatic N) is 3. The molecule has 1 fully saturated rings. The number of carbonyl (C=O) groups excluding carboxylic acids is 1. The Hall–Kier alpha value is -2.59. The van der Waals surface area contributed by atoms with Gasteiger partial charge in [-0.15, -0.1) is 10.2 Å². The van der Waals surface area contributed by atoms with E-state index in [9.17, 15) is 17.6 Å². The molecule has 0 aliphatic carbocycles. The summed E-state index contributed by atoms with van der Waals surface area (Å²) in [7, 11) is -2.42. The Morgan fingerprint density at radius 3 is 2.37 bits per heavy atom. The van der Waals surface area contributed by atoms with Gasteiger partial charge >= 0.3 is 5.97 Å². The lowest BCUT2D eigenvalue weighted by atomic mass is 10.1. The quantitative estimate of drug-likeness (QED) is 0.764. The smallest absolute Gasteiger partial charge is 0.358 e. The highest BCUT2D eigenvalue weighted by molar-refractivity contribution is 7.89. The van der Waals surface area contributed by atoms with Crippen molar-refractivity contribution in [3.63, 3.8) is 0 Å². The fourth-order valence-electron chi connectivity index (χ4n) is 2.83. The van der Waals surface area contributed by atoms with Crippen LogP contribution >= 0.6 is 0 Å². The number of ether oxygens (including phenoxy) is 1. The molecule has 2 aromatic rings. The number of esters is 1. The van der Waals surface area contributed by atoms with Crippen molar-refractivity contribution in [2.45, 2.75) is 23.8 Å². The molecule has 10 heteroatoms. The highest BCUT2D eigenvalue weighted by atomic mass is 32.2. The number of methoxy groups -OCH3 is 1. The maximum atomic E-state index is 13.0. The third-order valence-corrected chi connectivity index (χ3v) is 5.85. The second-order valence-electron chi connectivity index (χ2n) is 6.10. The molecule has 3 rings (SSSR count). The zero-order chi connectivity index (χ0) is 19.4. The Labute approximate surface area is 156 Å². The van der Waals surface area contributed by atoms with E-state index in [0.29, 0.717) is 31.7 Å². The van der Waals surface area contributed by atoms with Crippen molar-refractivity contribution in [1.82, 2.24) is 14.9 Å². The van der Waals surface area contributed by atoms with Crippen LogP contribution in [0.5, 0.6) is 0 Å². The molecule has 27 heavy (non-hydrogen) atoms. The van der Waals surface area contributed by atoms with E-state index in [2.05, 4.69) is 19.7 Å². The minimum atomic E-state index is -3.69. The highest BCUT2D eigenvalue weighted by Gasteiger charge is 2.25. The molecule has 2 heterocycles. The molecule has 8 nitrogen and oxygen atoms in total. The number of nitrogens with one attached hydrogen (secondary N) is 1. The highest BCUT2D eigenvalue weighted by Crippen LogP contribution is 2.19. The van der Waals surface area contributed by atoms with E-state index in [1.165, 1.54) is 25.3 Å². The van der Waals surface area contributed by atoms with Gasteiger partial charge in [0.15, 0.2) is 11.5 Å². The molecule has 0 spiro atoms. The van der Waals surface area contributed by atoms with Crippen LogP contribution in [0.4, 0.5) is 10.2 Å². The number of carbonyl (C=O) groups is 1. The van der Waals surface area contributed by atoms with Crippen molar-refractivity contribution in [2.75, 3.05) is 25.1 Å². The summed E-state index contributed by atoms with van der Waals surface area (Å²) < 4.78 is 45.0. The number of benzene rings is 1. The van der Waals surface area contributed by atoms with E-state index in [0.717, 1.165) is 12.1 Å². The fraction of sp³-hybridized carbons (Fsp3) is 0.353. The minimum absolute atomic E-state index is 0.0376. The number of hydrogen-bond donors (Lipinski definition) is 1. The standard InChI is InChI=1S/C17H19FN4O4S/c1-26-17(23)15-6-7-16(20-19-15)22-10-8-13(9-11-22)21-27(24,25)14-4-2-12(18)3-5-14/h2-7,13,21H,8-11H2,1H3. The molecule has 1 aromatic carbocycles. The SMILES string of the molecule is COC(=O)c1ccc(N2CCC(NS(=O)(=O)c3ccc(F)cc3)CC2)nn1. The molecule has 1 aromatic heterocycles. The van der Waals surface area contributed by atoms with Gasteiger partial charge in [-0.25, -0.2) is 22.3 Å². The van der Waals surface area contributed by atoms with Gasteiger partial charge in [0.05, 0.1) is 12.0 Å². The van der Waals surface area contributed by atoms with Gasteiger partial charge in [0.25, 0.3) is 0 Å². The molecule has 0 atom stereocenters. The Morgan fingerprint density at radius 1 is 1.15 bits per heavy atom. The average Bonchev–Trinajstić information content (AvgIpc) is 2.68. The third-order valence-electron chi connectivity index (χ3n) is 4.31. The van der Waals surface area contributed by atoms with E-state index in [4.69, 9.17) is 0 Å². The number of rotatable bonds is 5. The summed E-state index contributed by atoms with van der Waals surface area (Å²) in [4.78, 5) is 13.4. The van der Waals surface area contributed by atoms with Crippen LogP contribution in [0.25, 0.3) is 0 Å². The first-order valence-electron chi connectivity index (χ1n) is 8.34. The first-order chi connectivity index (χ1) is 12.9. The summed E-state index contributed by atoms with van der Waals surface area (Å²) >= 11 is 0. The Kier molecular flexibility index (Phi) is 5.66. The number of hydrogen-bond acceptors (Lipinski definition) is 7. The molecule has 0 saturated carbocycles. The van der Waals surface area contributed by atoms with Crippen LogP contribution < -0.4 is 9.62 Å². The van der Waals surface area contributed by atoms with Crippen molar-refractivity contribution in [1.29, 1.82) is 0 Å². The van der Waals surface area contributed by atoms with E-state index in [1.807, 2.05) is 4.90 Å². The van der Waals surface area contributed by atoms with Gasteiger partial charge in [-0.05, 0) is 49.2 Å². The van der Waals surface area contributed by atoms with Crippen molar-refractivity contribution >= 4 is 21.8 Å². The van der Waals surface area contributed by atoms with Crippen molar-refractivity contribution in [2.24, 2.45) is 0 Å². The van der Waals surface area contributed by atoms with Crippen LogP contribution in [0.1, 0.15) is 23.3 Å². The lowest BCUT2D eigenvalue weighted by Crippen LogP contribution is -2.44. The van der Waals surface area contributed by atoms with Gasteiger partial charge in [0.2, 0.25) is 10.0 Å². The number of piperidine rings is 1. The van der Waals surface area contributed by atoms with Crippen molar-refractivity contribution in [3.05, 3.63) is 47.9 Å². The predicted octanol–water partition coefficient (Wildman–Crippen LogP) is 1.35. The Morgan fingerprint density at radius 2 is 1.81 bits per heavy atom. The minimum Gasteiger partial charge on any atom is -0.464 e.